The second-order valence-electron chi connectivity index (χ2n) is 6.30. The fourth-order valence-corrected chi connectivity index (χ4v) is 3.63. The number of hydrogen-bond donors (Lipinski definition) is 4. The average Bonchev–Trinajstić information content (AvgIpc) is 3.16. The first-order valence-electron chi connectivity index (χ1n) is 9.03. The molecule has 2 aromatic heterocycles. The van der Waals surface area contributed by atoms with Gasteiger partial charge in [0.2, 0.25) is 5.91 Å². The highest BCUT2D eigenvalue weighted by molar-refractivity contribution is 7.22. The standard InChI is InChI=1S/C20H19N7O2S/c1-29-13-7-8-14-15(10-13)30-20(24-14)25-18-17(21)19(23-11-22-18)27-26-16(28)9-12-5-3-2-4-6-12/h2-8,10-11H,9,21H2,1H3,(H,26,28)(H2,22,23,24,25,27). The predicted octanol–water partition coefficient (Wildman–Crippen LogP) is 3.11. The molecule has 0 fully saturated rings. The summed E-state index contributed by atoms with van der Waals surface area (Å²) in [6, 6.07) is 15.1. The van der Waals surface area contributed by atoms with E-state index in [9.17, 15) is 4.79 Å². The van der Waals surface area contributed by atoms with Crippen molar-refractivity contribution in [2.24, 2.45) is 0 Å². The van der Waals surface area contributed by atoms with Gasteiger partial charge in [0.15, 0.2) is 16.8 Å². The first-order chi connectivity index (χ1) is 14.6. The summed E-state index contributed by atoms with van der Waals surface area (Å²) >= 11 is 1.45. The summed E-state index contributed by atoms with van der Waals surface area (Å²) < 4.78 is 6.21. The highest BCUT2D eigenvalue weighted by Gasteiger charge is 2.12. The summed E-state index contributed by atoms with van der Waals surface area (Å²) in [5.74, 6) is 1.22. The van der Waals surface area contributed by atoms with Crippen LogP contribution in [-0.4, -0.2) is 28.0 Å². The third-order valence-electron chi connectivity index (χ3n) is 4.23. The molecule has 0 aliphatic heterocycles. The number of nitrogens with two attached hydrogens (primary N) is 1. The second-order valence-corrected chi connectivity index (χ2v) is 7.33. The minimum Gasteiger partial charge on any atom is -0.497 e. The molecule has 0 atom stereocenters. The molecular weight excluding hydrogens is 402 g/mol. The number of anilines is 4. The number of nitrogens with zero attached hydrogens (tertiary/aromatic N) is 3. The first-order valence-corrected chi connectivity index (χ1v) is 9.85. The Morgan fingerprint density at radius 2 is 1.93 bits per heavy atom. The number of nitrogens with one attached hydrogen (secondary N) is 3. The lowest BCUT2D eigenvalue weighted by atomic mass is 10.1. The Bertz CT molecular complexity index is 1180. The maximum absolute atomic E-state index is 12.1. The van der Waals surface area contributed by atoms with Gasteiger partial charge in [-0.25, -0.2) is 15.0 Å². The van der Waals surface area contributed by atoms with E-state index in [2.05, 4.69) is 31.1 Å². The molecule has 0 saturated heterocycles. The van der Waals surface area contributed by atoms with E-state index in [0.29, 0.717) is 10.9 Å². The van der Waals surface area contributed by atoms with E-state index >= 15 is 0 Å². The Labute approximate surface area is 176 Å². The van der Waals surface area contributed by atoms with E-state index in [1.165, 1.54) is 17.7 Å². The third kappa shape index (κ3) is 4.39. The number of benzene rings is 2. The number of aromatic nitrogens is 3. The van der Waals surface area contributed by atoms with Crippen molar-refractivity contribution in [2.75, 3.05) is 23.6 Å². The van der Waals surface area contributed by atoms with Crippen LogP contribution in [0.5, 0.6) is 5.75 Å². The van der Waals surface area contributed by atoms with E-state index < -0.39 is 0 Å². The van der Waals surface area contributed by atoms with Gasteiger partial charge in [-0.3, -0.25) is 15.6 Å². The maximum atomic E-state index is 12.1. The van der Waals surface area contributed by atoms with Crippen LogP contribution in [0.2, 0.25) is 0 Å². The van der Waals surface area contributed by atoms with Crippen LogP contribution in [0.4, 0.5) is 22.5 Å². The van der Waals surface area contributed by atoms with Crippen molar-refractivity contribution >= 4 is 49.9 Å². The number of amides is 1. The zero-order valence-electron chi connectivity index (χ0n) is 16.0. The van der Waals surface area contributed by atoms with Crippen molar-refractivity contribution < 1.29 is 9.53 Å². The third-order valence-corrected chi connectivity index (χ3v) is 5.17. The Morgan fingerprint density at radius 1 is 1.13 bits per heavy atom. The first kappa shape index (κ1) is 19.4. The number of methoxy groups -OCH3 is 1. The van der Waals surface area contributed by atoms with Gasteiger partial charge in [0.25, 0.3) is 0 Å². The molecule has 4 rings (SSSR count). The molecule has 9 nitrogen and oxygen atoms in total. The van der Waals surface area contributed by atoms with Crippen LogP contribution in [0.1, 0.15) is 5.56 Å². The fourth-order valence-electron chi connectivity index (χ4n) is 2.74. The lowest BCUT2D eigenvalue weighted by Gasteiger charge is -2.12. The second kappa shape index (κ2) is 8.62. The highest BCUT2D eigenvalue weighted by Crippen LogP contribution is 2.32. The largest absolute Gasteiger partial charge is 0.497 e. The normalized spacial score (nSPS) is 10.6. The quantitative estimate of drug-likeness (QED) is 0.335. The average molecular weight is 421 g/mol. The summed E-state index contributed by atoms with van der Waals surface area (Å²) in [5.41, 5.74) is 13.5. The van der Waals surface area contributed by atoms with Crippen LogP contribution in [0.3, 0.4) is 0 Å². The van der Waals surface area contributed by atoms with Gasteiger partial charge in [0, 0.05) is 0 Å². The maximum Gasteiger partial charge on any atom is 0.242 e. The summed E-state index contributed by atoms with van der Waals surface area (Å²) in [5, 5.41) is 3.73. The SMILES string of the molecule is COc1ccc2nc(Nc3ncnc(NNC(=O)Cc4ccccc4)c3N)sc2c1. The van der Waals surface area contributed by atoms with Crippen molar-refractivity contribution in [3.05, 3.63) is 60.4 Å². The van der Waals surface area contributed by atoms with Crippen LogP contribution in [0.25, 0.3) is 10.2 Å². The topological polar surface area (TPSA) is 127 Å². The van der Waals surface area contributed by atoms with E-state index in [1.807, 2.05) is 48.5 Å². The fraction of sp³-hybridized carbons (Fsp3) is 0.100. The molecule has 5 N–H and O–H groups in total. The van der Waals surface area contributed by atoms with E-state index in [1.54, 1.807) is 7.11 Å². The molecule has 0 saturated carbocycles. The van der Waals surface area contributed by atoms with E-state index in [0.717, 1.165) is 21.5 Å². The summed E-state index contributed by atoms with van der Waals surface area (Å²) in [7, 11) is 1.62. The Balaban J connectivity index is 1.44. The number of carbonyl (C=O) groups is 1. The van der Waals surface area contributed by atoms with Crippen molar-refractivity contribution in [1.29, 1.82) is 0 Å². The van der Waals surface area contributed by atoms with E-state index in [4.69, 9.17) is 10.5 Å². The molecule has 0 spiro atoms. The number of fused-ring (bicyclic) bond motifs is 1. The number of hydrogen-bond acceptors (Lipinski definition) is 9. The van der Waals surface area contributed by atoms with Crippen molar-refractivity contribution in [3.63, 3.8) is 0 Å². The number of nitrogen functional groups attached to an aromatic ring is 1. The van der Waals surface area contributed by atoms with Gasteiger partial charge in [0.05, 0.1) is 23.7 Å². The highest BCUT2D eigenvalue weighted by atomic mass is 32.1. The number of carbonyl (C=O) groups excluding carboxylic acids is 1. The lowest BCUT2D eigenvalue weighted by molar-refractivity contribution is -0.119. The predicted molar refractivity (Wildman–Crippen MR) is 118 cm³/mol. The number of ether oxygens (including phenoxy) is 1. The number of thiazole rings is 1. The Morgan fingerprint density at radius 3 is 2.73 bits per heavy atom. The Hall–Kier alpha value is -3.92. The molecule has 0 aliphatic rings. The summed E-state index contributed by atoms with van der Waals surface area (Å²) in [6.45, 7) is 0. The minimum atomic E-state index is -0.214. The number of rotatable bonds is 7. The van der Waals surface area contributed by atoms with Crippen LogP contribution in [0.15, 0.2) is 54.9 Å². The minimum absolute atomic E-state index is 0.214. The summed E-state index contributed by atoms with van der Waals surface area (Å²) in [6.07, 6.45) is 1.58. The molecule has 10 heteroatoms. The van der Waals surface area contributed by atoms with Gasteiger partial charge in [-0.1, -0.05) is 41.7 Å². The van der Waals surface area contributed by atoms with Crippen LogP contribution < -0.4 is 26.6 Å². The van der Waals surface area contributed by atoms with Crippen molar-refractivity contribution in [3.8, 4) is 5.75 Å². The van der Waals surface area contributed by atoms with Gasteiger partial charge >= 0.3 is 0 Å². The molecular formula is C20H19N7O2S. The summed E-state index contributed by atoms with van der Waals surface area (Å²) in [4.78, 5) is 24.9. The van der Waals surface area contributed by atoms with Crippen molar-refractivity contribution in [1.82, 2.24) is 20.4 Å². The number of hydrazine groups is 1. The van der Waals surface area contributed by atoms with Crippen LogP contribution in [0, 0.1) is 0 Å². The molecule has 30 heavy (non-hydrogen) atoms. The molecule has 4 aromatic rings. The van der Waals surface area contributed by atoms with Crippen LogP contribution >= 0.6 is 11.3 Å². The molecule has 0 aliphatic carbocycles. The zero-order chi connectivity index (χ0) is 20.9. The van der Waals surface area contributed by atoms with Gasteiger partial charge in [-0.15, -0.1) is 0 Å². The molecule has 0 bridgehead atoms. The molecule has 0 radical (unpaired) electrons. The smallest absolute Gasteiger partial charge is 0.242 e. The van der Waals surface area contributed by atoms with Gasteiger partial charge in [-0.05, 0) is 23.8 Å². The van der Waals surface area contributed by atoms with Gasteiger partial charge in [0.1, 0.15) is 17.8 Å². The molecule has 2 aromatic carbocycles. The molecule has 152 valence electrons. The molecule has 0 unspecified atom stereocenters. The molecule has 2 heterocycles. The van der Waals surface area contributed by atoms with Gasteiger partial charge < -0.3 is 15.8 Å². The van der Waals surface area contributed by atoms with Crippen LogP contribution in [-0.2, 0) is 11.2 Å². The lowest BCUT2D eigenvalue weighted by Crippen LogP contribution is -2.31. The van der Waals surface area contributed by atoms with Crippen molar-refractivity contribution in [2.45, 2.75) is 6.42 Å². The zero-order valence-corrected chi connectivity index (χ0v) is 16.9. The van der Waals surface area contributed by atoms with Gasteiger partial charge in [-0.2, -0.15) is 0 Å². The van der Waals surface area contributed by atoms with E-state index in [-0.39, 0.29) is 23.8 Å². The monoisotopic (exact) mass is 421 g/mol. The molecule has 1 amide bonds. The Kier molecular flexibility index (Phi) is 5.57.